The molecule has 2 aromatic rings. The van der Waals surface area contributed by atoms with Crippen molar-refractivity contribution in [2.75, 3.05) is 0 Å². The van der Waals surface area contributed by atoms with Crippen molar-refractivity contribution in [1.29, 1.82) is 0 Å². The minimum Gasteiger partial charge on any atom is -0.418 e. The molecule has 0 saturated carbocycles. The van der Waals surface area contributed by atoms with Gasteiger partial charge in [0.2, 0.25) is 0 Å². The highest BCUT2D eigenvalue weighted by Crippen LogP contribution is 2.34. The number of benzene rings is 2. The lowest BCUT2D eigenvalue weighted by atomic mass is 10.4. The molecule has 3 rings (SSSR count). The zero-order valence-corrected chi connectivity index (χ0v) is 23.2. The van der Waals surface area contributed by atoms with Crippen molar-refractivity contribution in [3.05, 3.63) is 60.7 Å². The Balaban J connectivity index is 2.20. The van der Waals surface area contributed by atoms with Crippen LogP contribution in [0.5, 0.6) is 0 Å². The van der Waals surface area contributed by atoms with Gasteiger partial charge in [-0.05, 0) is 40.6 Å². The smallest absolute Gasteiger partial charge is 0.354 e. The summed E-state index contributed by atoms with van der Waals surface area (Å²) in [5.74, 6) is 0. The highest BCUT2D eigenvalue weighted by molar-refractivity contribution is 7.00. The summed E-state index contributed by atoms with van der Waals surface area (Å²) in [6, 6.07) is 25.6. The van der Waals surface area contributed by atoms with E-state index in [1.165, 1.54) is 10.4 Å². The molecule has 1 aliphatic rings. The zero-order chi connectivity index (χ0) is 21.7. The van der Waals surface area contributed by atoms with Gasteiger partial charge in [0.15, 0.2) is 0 Å². The number of hydrogen-bond acceptors (Lipinski definition) is 4. The molecular formula is C22H36O4Si4. The molecule has 164 valence electrons. The first-order valence-electron chi connectivity index (χ1n) is 11.4. The maximum Gasteiger partial charge on any atom is 0.354 e. The Labute approximate surface area is 187 Å². The summed E-state index contributed by atoms with van der Waals surface area (Å²) in [5.41, 5.74) is 0. The van der Waals surface area contributed by atoms with Gasteiger partial charge in [-0.1, -0.05) is 95.3 Å². The molecule has 0 bridgehead atoms. The Morgan fingerprint density at radius 2 is 1.10 bits per heavy atom. The van der Waals surface area contributed by atoms with Crippen LogP contribution in [0, 0.1) is 0 Å². The van der Waals surface area contributed by atoms with E-state index in [-0.39, 0.29) is 0 Å². The molecule has 0 spiro atoms. The van der Waals surface area contributed by atoms with Crippen molar-refractivity contribution in [2.24, 2.45) is 0 Å². The molecule has 0 amide bonds. The number of hydrogen-bond donors (Lipinski definition) is 0. The Kier molecular flexibility index (Phi) is 8.08. The first-order chi connectivity index (χ1) is 14.5. The molecule has 3 atom stereocenters. The zero-order valence-electron chi connectivity index (χ0n) is 19.0. The van der Waals surface area contributed by atoms with E-state index in [0.29, 0.717) is 0 Å². The van der Waals surface area contributed by atoms with Gasteiger partial charge in [-0.15, -0.1) is 0 Å². The van der Waals surface area contributed by atoms with Gasteiger partial charge in [-0.25, -0.2) is 0 Å². The predicted molar refractivity (Wildman–Crippen MR) is 133 cm³/mol. The summed E-state index contributed by atoms with van der Waals surface area (Å²) in [6.07, 6.45) is 0. The van der Waals surface area contributed by atoms with Crippen molar-refractivity contribution < 1.29 is 16.5 Å². The topological polar surface area (TPSA) is 36.9 Å². The van der Waals surface area contributed by atoms with Crippen LogP contribution in [0.4, 0.5) is 0 Å². The third kappa shape index (κ3) is 4.65. The van der Waals surface area contributed by atoms with Crippen LogP contribution in [0.3, 0.4) is 0 Å². The Morgan fingerprint density at radius 1 is 0.600 bits per heavy atom. The highest BCUT2D eigenvalue weighted by Gasteiger charge is 2.57. The van der Waals surface area contributed by atoms with Crippen LogP contribution in [-0.2, 0) is 16.5 Å². The van der Waals surface area contributed by atoms with Gasteiger partial charge in [0.1, 0.15) is 0 Å². The fraction of sp³-hybridized carbons (Fsp3) is 0.455. The van der Waals surface area contributed by atoms with Gasteiger partial charge < -0.3 is 16.5 Å². The first kappa shape index (κ1) is 23.8. The van der Waals surface area contributed by atoms with Crippen molar-refractivity contribution in [2.45, 2.75) is 64.8 Å². The SMILES string of the molecule is CC[SiH]1O[Si](CC)(CC)O[Si](CC)(c2ccccc2)O[Si](CC)(c2ccccc2)O1. The summed E-state index contributed by atoms with van der Waals surface area (Å²) >= 11 is 0. The van der Waals surface area contributed by atoms with Gasteiger partial charge in [0.25, 0.3) is 0 Å². The van der Waals surface area contributed by atoms with Crippen LogP contribution in [-0.4, -0.2) is 35.0 Å². The van der Waals surface area contributed by atoms with Crippen molar-refractivity contribution in [3.63, 3.8) is 0 Å². The number of rotatable bonds is 7. The van der Waals surface area contributed by atoms with E-state index in [0.717, 1.165) is 30.2 Å². The van der Waals surface area contributed by atoms with Gasteiger partial charge in [-0.3, -0.25) is 0 Å². The fourth-order valence-corrected chi connectivity index (χ4v) is 25.6. The lowest BCUT2D eigenvalue weighted by Gasteiger charge is -2.49. The van der Waals surface area contributed by atoms with E-state index < -0.39 is 35.0 Å². The molecule has 2 aromatic carbocycles. The largest absolute Gasteiger partial charge is 0.418 e. The summed E-state index contributed by atoms with van der Waals surface area (Å²) in [6.45, 7) is 11.0. The van der Waals surface area contributed by atoms with Gasteiger partial charge in [-0.2, -0.15) is 0 Å². The minimum atomic E-state index is -2.78. The van der Waals surface area contributed by atoms with Crippen LogP contribution in [0.25, 0.3) is 0 Å². The normalized spacial score (nSPS) is 29.2. The van der Waals surface area contributed by atoms with Gasteiger partial charge in [0.05, 0.1) is 0 Å². The molecule has 1 heterocycles. The first-order valence-corrected chi connectivity index (χ1v) is 19.4. The molecule has 0 aliphatic carbocycles. The lowest BCUT2D eigenvalue weighted by Crippen LogP contribution is -2.72. The Morgan fingerprint density at radius 3 is 1.53 bits per heavy atom. The second-order valence-electron chi connectivity index (χ2n) is 7.84. The summed E-state index contributed by atoms with van der Waals surface area (Å²) in [4.78, 5) is 0. The van der Waals surface area contributed by atoms with E-state index >= 15 is 0 Å². The molecule has 1 aliphatic heterocycles. The summed E-state index contributed by atoms with van der Waals surface area (Å²) in [5, 5.41) is 2.38. The van der Waals surface area contributed by atoms with Gasteiger partial charge >= 0.3 is 35.0 Å². The summed E-state index contributed by atoms with van der Waals surface area (Å²) < 4.78 is 28.5. The van der Waals surface area contributed by atoms with Gasteiger partial charge in [0, 0.05) is 0 Å². The molecule has 1 saturated heterocycles. The van der Waals surface area contributed by atoms with Crippen molar-refractivity contribution in [1.82, 2.24) is 0 Å². The third-order valence-electron chi connectivity index (χ3n) is 6.12. The summed E-state index contributed by atoms with van der Waals surface area (Å²) in [7, 11) is -9.85. The molecule has 0 radical (unpaired) electrons. The molecule has 0 N–H and O–H groups in total. The quantitative estimate of drug-likeness (QED) is 0.550. The molecule has 30 heavy (non-hydrogen) atoms. The predicted octanol–water partition coefficient (Wildman–Crippen LogP) is 4.53. The molecule has 3 unspecified atom stereocenters. The van der Waals surface area contributed by atoms with Crippen LogP contribution in [0.1, 0.15) is 34.6 Å². The Bertz CT molecular complexity index is 790. The molecular weight excluding hydrogens is 441 g/mol. The lowest BCUT2D eigenvalue weighted by molar-refractivity contribution is 0.242. The van der Waals surface area contributed by atoms with Crippen LogP contribution in [0.15, 0.2) is 60.7 Å². The maximum absolute atomic E-state index is 7.35. The second kappa shape index (κ2) is 10.2. The molecule has 8 heteroatoms. The minimum absolute atomic E-state index is 0.846. The van der Waals surface area contributed by atoms with Crippen molar-refractivity contribution in [3.8, 4) is 0 Å². The highest BCUT2D eigenvalue weighted by atomic mass is 28.5. The van der Waals surface area contributed by atoms with Crippen LogP contribution < -0.4 is 10.4 Å². The van der Waals surface area contributed by atoms with Crippen molar-refractivity contribution >= 4 is 45.3 Å². The standard InChI is InChI=1S/C22H36O4Si4/c1-6-27-23-28(7-2,8-3)25-30(10-5,22-19-15-12-16-20-22)26-29(9-4,24-27)21-17-13-11-14-18-21/h11-20,27H,6-10H2,1-5H3. The van der Waals surface area contributed by atoms with E-state index in [9.17, 15) is 0 Å². The van der Waals surface area contributed by atoms with E-state index in [2.05, 4.69) is 95.3 Å². The molecule has 1 fully saturated rings. The van der Waals surface area contributed by atoms with Crippen LogP contribution in [0.2, 0.25) is 30.2 Å². The van der Waals surface area contributed by atoms with Crippen LogP contribution >= 0.6 is 0 Å². The fourth-order valence-electron chi connectivity index (χ4n) is 4.18. The van der Waals surface area contributed by atoms with E-state index in [1.54, 1.807) is 0 Å². The van der Waals surface area contributed by atoms with E-state index in [4.69, 9.17) is 16.5 Å². The average Bonchev–Trinajstić information content (AvgIpc) is 2.81. The molecule has 4 nitrogen and oxygen atoms in total. The average molecular weight is 477 g/mol. The maximum atomic E-state index is 7.35. The molecule has 0 aromatic heterocycles. The second-order valence-corrected chi connectivity index (χ2v) is 21.9. The van der Waals surface area contributed by atoms with E-state index in [1.807, 2.05) is 0 Å². The monoisotopic (exact) mass is 476 g/mol. The Hall–Kier alpha value is -0.852. The third-order valence-corrected chi connectivity index (χ3v) is 24.0.